The van der Waals surface area contributed by atoms with Gasteiger partial charge >= 0.3 is 0 Å². The Labute approximate surface area is 326 Å². The van der Waals surface area contributed by atoms with E-state index in [2.05, 4.69) is 43.5 Å². The fourth-order valence-corrected chi connectivity index (χ4v) is 7.33. The molecule has 3 N–H and O–H groups in total. The molecule has 0 radical (unpaired) electrons. The predicted octanol–water partition coefficient (Wildman–Crippen LogP) is 14.8. The predicted molar refractivity (Wildman–Crippen MR) is 230 cm³/mol. The molecule has 52 heavy (non-hydrogen) atoms. The molecule has 0 saturated heterocycles. The molecular formula is C48H93NO3. The second-order valence-corrected chi connectivity index (χ2v) is 16.2. The first-order valence-corrected chi connectivity index (χ1v) is 23.5. The smallest absolute Gasteiger partial charge is 0.220 e. The van der Waals surface area contributed by atoms with Crippen LogP contribution in [-0.2, 0) is 4.79 Å². The Morgan fingerprint density at radius 2 is 0.788 bits per heavy atom. The number of nitrogens with one attached hydrogen (secondary N) is 1. The lowest BCUT2D eigenvalue weighted by atomic mass is 10.0. The van der Waals surface area contributed by atoms with Crippen molar-refractivity contribution in [1.29, 1.82) is 0 Å². The molecule has 0 heterocycles. The minimum absolute atomic E-state index is 0.0430. The van der Waals surface area contributed by atoms with Crippen molar-refractivity contribution >= 4 is 5.91 Å². The molecule has 0 aliphatic heterocycles. The number of aliphatic hydroxyl groups is 2. The molecule has 1 amide bonds. The quantitative estimate of drug-likeness (QED) is 0.0432. The van der Waals surface area contributed by atoms with Crippen molar-refractivity contribution in [2.24, 2.45) is 0 Å². The van der Waals surface area contributed by atoms with Crippen LogP contribution in [0.15, 0.2) is 24.3 Å². The summed E-state index contributed by atoms with van der Waals surface area (Å²) in [5.74, 6) is -0.0430. The number of hydrogen-bond acceptors (Lipinski definition) is 3. The molecule has 0 aromatic carbocycles. The van der Waals surface area contributed by atoms with Gasteiger partial charge in [0.15, 0.2) is 0 Å². The van der Waals surface area contributed by atoms with Gasteiger partial charge in [-0.25, -0.2) is 0 Å². The minimum Gasteiger partial charge on any atom is -0.394 e. The van der Waals surface area contributed by atoms with Crippen LogP contribution in [0.2, 0.25) is 0 Å². The summed E-state index contributed by atoms with van der Waals surface area (Å²) in [7, 11) is 0. The Bertz CT molecular complexity index is 750. The van der Waals surface area contributed by atoms with Gasteiger partial charge in [0.2, 0.25) is 5.91 Å². The van der Waals surface area contributed by atoms with E-state index in [1.54, 1.807) is 0 Å². The fraction of sp³-hybridized carbons (Fsp3) is 0.896. The van der Waals surface area contributed by atoms with Crippen LogP contribution in [0.25, 0.3) is 0 Å². The summed E-state index contributed by atoms with van der Waals surface area (Å²) < 4.78 is 0. The highest BCUT2D eigenvalue weighted by molar-refractivity contribution is 5.76. The number of hydrogen-bond donors (Lipinski definition) is 3. The van der Waals surface area contributed by atoms with E-state index >= 15 is 0 Å². The average Bonchev–Trinajstić information content (AvgIpc) is 3.15. The lowest BCUT2D eigenvalue weighted by Gasteiger charge is -2.22. The van der Waals surface area contributed by atoms with Crippen LogP contribution < -0.4 is 5.32 Å². The van der Waals surface area contributed by atoms with Gasteiger partial charge in [-0.2, -0.15) is 0 Å². The average molecular weight is 732 g/mol. The molecule has 0 fully saturated rings. The van der Waals surface area contributed by atoms with Crippen LogP contribution in [0.4, 0.5) is 0 Å². The Balaban J connectivity index is 3.47. The molecule has 0 aliphatic carbocycles. The highest BCUT2D eigenvalue weighted by Crippen LogP contribution is 2.17. The number of unbranched alkanes of at least 4 members (excludes halogenated alkanes) is 32. The summed E-state index contributed by atoms with van der Waals surface area (Å²) in [5.41, 5.74) is 0. The molecule has 4 heteroatoms. The van der Waals surface area contributed by atoms with Crippen molar-refractivity contribution in [1.82, 2.24) is 5.32 Å². The van der Waals surface area contributed by atoms with Gasteiger partial charge in [0.25, 0.3) is 0 Å². The third-order valence-electron chi connectivity index (χ3n) is 11.0. The van der Waals surface area contributed by atoms with Crippen LogP contribution in [0.1, 0.15) is 258 Å². The summed E-state index contributed by atoms with van der Waals surface area (Å²) in [6, 6.07) is -0.542. The van der Waals surface area contributed by atoms with E-state index in [1.807, 2.05) is 0 Å². The summed E-state index contributed by atoms with van der Waals surface area (Å²) in [6.07, 6.45) is 57.0. The topological polar surface area (TPSA) is 69.6 Å². The van der Waals surface area contributed by atoms with E-state index in [-0.39, 0.29) is 12.5 Å². The molecule has 0 aliphatic rings. The summed E-state index contributed by atoms with van der Waals surface area (Å²) in [4.78, 5) is 12.4. The van der Waals surface area contributed by atoms with E-state index in [0.717, 1.165) is 44.9 Å². The van der Waals surface area contributed by atoms with Crippen LogP contribution >= 0.6 is 0 Å². The highest BCUT2D eigenvalue weighted by atomic mass is 16.3. The van der Waals surface area contributed by atoms with Crippen molar-refractivity contribution in [3.05, 3.63) is 24.3 Å². The Morgan fingerprint density at radius 1 is 0.462 bits per heavy atom. The summed E-state index contributed by atoms with van der Waals surface area (Å²) in [5, 5.41) is 23.2. The molecule has 2 unspecified atom stereocenters. The molecule has 0 aromatic rings. The third kappa shape index (κ3) is 40.1. The van der Waals surface area contributed by atoms with Gasteiger partial charge in [0.05, 0.1) is 18.8 Å². The highest BCUT2D eigenvalue weighted by Gasteiger charge is 2.20. The monoisotopic (exact) mass is 732 g/mol. The maximum absolute atomic E-state index is 12.4. The zero-order chi connectivity index (χ0) is 37.8. The summed E-state index contributed by atoms with van der Waals surface area (Å²) >= 11 is 0. The third-order valence-corrected chi connectivity index (χ3v) is 11.0. The second-order valence-electron chi connectivity index (χ2n) is 16.2. The van der Waals surface area contributed by atoms with Crippen LogP contribution in [0.3, 0.4) is 0 Å². The lowest BCUT2D eigenvalue weighted by molar-refractivity contribution is -0.123. The van der Waals surface area contributed by atoms with E-state index in [4.69, 9.17) is 0 Å². The van der Waals surface area contributed by atoms with Gasteiger partial charge in [-0.3, -0.25) is 4.79 Å². The normalized spacial score (nSPS) is 13.1. The molecule has 0 spiro atoms. The van der Waals surface area contributed by atoms with Crippen molar-refractivity contribution in [3.8, 4) is 0 Å². The van der Waals surface area contributed by atoms with E-state index < -0.39 is 12.1 Å². The molecule has 4 nitrogen and oxygen atoms in total. The van der Waals surface area contributed by atoms with Crippen molar-refractivity contribution in [3.63, 3.8) is 0 Å². The van der Waals surface area contributed by atoms with E-state index in [1.165, 1.54) is 186 Å². The van der Waals surface area contributed by atoms with Gasteiger partial charge in [0.1, 0.15) is 0 Å². The molecule has 2 atom stereocenters. The van der Waals surface area contributed by atoms with Gasteiger partial charge in [-0.15, -0.1) is 0 Å². The zero-order valence-electron chi connectivity index (χ0n) is 35.3. The molecular weight excluding hydrogens is 639 g/mol. The summed E-state index contributed by atoms with van der Waals surface area (Å²) in [6.45, 7) is 4.34. The Morgan fingerprint density at radius 3 is 1.19 bits per heavy atom. The second kappa shape index (κ2) is 44.3. The van der Waals surface area contributed by atoms with Crippen LogP contribution in [0, 0.1) is 0 Å². The van der Waals surface area contributed by atoms with Crippen LogP contribution in [0.5, 0.6) is 0 Å². The number of carbonyl (C=O) groups excluding carboxylic acids is 1. The first-order chi connectivity index (χ1) is 25.7. The molecule has 0 bridgehead atoms. The van der Waals surface area contributed by atoms with Crippen molar-refractivity contribution < 1.29 is 15.0 Å². The van der Waals surface area contributed by atoms with E-state index in [9.17, 15) is 15.0 Å². The van der Waals surface area contributed by atoms with Gasteiger partial charge in [-0.05, 0) is 44.9 Å². The number of rotatable bonds is 43. The largest absolute Gasteiger partial charge is 0.394 e. The fourth-order valence-electron chi connectivity index (χ4n) is 7.33. The number of aliphatic hydroxyl groups excluding tert-OH is 2. The molecule has 0 saturated carbocycles. The number of amides is 1. The first kappa shape index (κ1) is 50.9. The van der Waals surface area contributed by atoms with Gasteiger partial charge < -0.3 is 15.5 Å². The Kier molecular flexibility index (Phi) is 43.3. The molecule has 0 rings (SSSR count). The number of allylic oxidation sites excluding steroid dienone is 4. The van der Waals surface area contributed by atoms with Crippen molar-refractivity contribution in [2.45, 2.75) is 270 Å². The Hall–Kier alpha value is -1.13. The number of carbonyl (C=O) groups is 1. The van der Waals surface area contributed by atoms with Gasteiger partial charge in [0, 0.05) is 6.42 Å². The van der Waals surface area contributed by atoms with Gasteiger partial charge in [-0.1, -0.05) is 231 Å². The standard InChI is InChI=1S/C48H93NO3/c1-3-5-7-9-11-13-15-17-19-20-21-22-23-24-25-26-27-28-30-31-33-35-37-39-41-43-47(51)46(45-50)49-48(52)44-42-40-38-36-34-32-29-18-16-14-12-10-8-6-4-2/h12,14,18,29,46-47,50-51H,3-11,13,15-17,19-28,30-45H2,1-2H3,(H,49,52)/b14-12-,29-18-. The van der Waals surface area contributed by atoms with Crippen LogP contribution in [-0.4, -0.2) is 34.9 Å². The minimum atomic E-state index is -0.664. The lowest BCUT2D eigenvalue weighted by Crippen LogP contribution is -2.45. The van der Waals surface area contributed by atoms with Crippen molar-refractivity contribution in [2.75, 3.05) is 6.61 Å². The van der Waals surface area contributed by atoms with E-state index in [0.29, 0.717) is 12.8 Å². The zero-order valence-corrected chi connectivity index (χ0v) is 35.3. The maximum Gasteiger partial charge on any atom is 0.220 e. The maximum atomic E-state index is 12.4. The SMILES string of the molecule is CCCCC/C=C\C/C=C\CCCCCCCC(=O)NC(CO)C(O)CCCCCCCCCCCCCCCCCCCCCCCCCCC. The first-order valence-electron chi connectivity index (χ1n) is 23.5. The molecule has 308 valence electrons. The molecule has 0 aromatic heterocycles.